The number of rotatable bonds is 8. The molecular formula is C28H39N3O3. The van der Waals surface area contributed by atoms with Gasteiger partial charge in [-0.3, -0.25) is 14.7 Å². The van der Waals surface area contributed by atoms with E-state index in [4.69, 9.17) is 14.2 Å². The Labute approximate surface area is 204 Å². The molecule has 5 rings (SSSR count). The predicted molar refractivity (Wildman–Crippen MR) is 134 cm³/mol. The zero-order valence-electron chi connectivity index (χ0n) is 21.1. The molecule has 0 saturated carbocycles. The summed E-state index contributed by atoms with van der Waals surface area (Å²) in [4.78, 5) is 7.05. The van der Waals surface area contributed by atoms with E-state index in [1.54, 1.807) is 0 Å². The van der Waals surface area contributed by atoms with Crippen LogP contribution in [0.2, 0.25) is 0 Å². The van der Waals surface area contributed by atoms with Gasteiger partial charge >= 0.3 is 0 Å². The quantitative estimate of drug-likeness (QED) is 0.509. The van der Waals surface area contributed by atoms with Crippen molar-refractivity contribution < 1.29 is 14.2 Å². The SMILES string of the molecule is Cc1cc2c(cc1C)OCN(CCCCCCCN1COc3cc4c(cc3C1)CN(C)CO4)C2. The third-order valence-corrected chi connectivity index (χ3v) is 7.34. The first-order valence-corrected chi connectivity index (χ1v) is 12.8. The zero-order chi connectivity index (χ0) is 23.5. The molecule has 0 atom stereocenters. The molecule has 3 aliphatic rings. The molecule has 0 fully saturated rings. The van der Waals surface area contributed by atoms with E-state index in [-0.39, 0.29) is 0 Å². The molecule has 0 spiro atoms. The molecule has 0 radical (unpaired) electrons. The summed E-state index contributed by atoms with van der Waals surface area (Å²) in [5.41, 5.74) is 6.56. The maximum Gasteiger partial charge on any atom is 0.142 e. The Bertz CT molecular complexity index is 1010. The lowest BCUT2D eigenvalue weighted by atomic mass is 10.0. The Kier molecular flexibility index (Phi) is 7.28. The Morgan fingerprint density at radius 2 is 1.09 bits per heavy atom. The van der Waals surface area contributed by atoms with Gasteiger partial charge < -0.3 is 14.2 Å². The average Bonchev–Trinajstić information content (AvgIpc) is 2.83. The summed E-state index contributed by atoms with van der Waals surface area (Å²) in [6.45, 7) is 11.5. The Balaban J connectivity index is 0.980. The van der Waals surface area contributed by atoms with Gasteiger partial charge in [-0.05, 0) is 57.0 Å². The van der Waals surface area contributed by atoms with Gasteiger partial charge in [-0.2, -0.15) is 0 Å². The van der Waals surface area contributed by atoms with Crippen LogP contribution in [0.25, 0.3) is 0 Å². The molecule has 0 amide bonds. The molecule has 0 saturated heterocycles. The van der Waals surface area contributed by atoms with Crippen molar-refractivity contribution in [2.24, 2.45) is 0 Å². The van der Waals surface area contributed by atoms with E-state index in [0.29, 0.717) is 13.5 Å². The fourth-order valence-corrected chi connectivity index (χ4v) is 5.18. The van der Waals surface area contributed by atoms with Gasteiger partial charge in [0, 0.05) is 55.5 Å². The highest BCUT2D eigenvalue weighted by Crippen LogP contribution is 2.35. The second kappa shape index (κ2) is 10.5. The molecule has 34 heavy (non-hydrogen) atoms. The molecule has 3 aliphatic heterocycles. The van der Waals surface area contributed by atoms with Crippen molar-refractivity contribution in [1.82, 2.24) is 14.7 Å². The molecule has 0 unspecified atom stereocenters. The van der Waals surface area contributed by atoms with Crippen LogP contribution in [0, 0.1) is 13.8 Å². The first kappa shape index (κ1) is 23.5. The van der Waals surface area contributed by atoms with Crippen molar-refractivity contribution in [3.05, 3.63) is 52.1 Å². The largest absolute Gasteiger partial charge is 0.478 e. The molecule has 0 aliphatic carbocycles. The molecule has 0 bridgehead atoms. The Hall–Kier alpha value is -2.28. The highest BCUT2D eigenvalue weighted by atomic mass is 16.5. The summed E-state index contributed by atoms with van der Waals surface area (Å²) in [5, 5.41) is 0. The Morgan fingerprint density at radius 3 is 1.76 bits per heavy atom. The van der Waals surface area contributed by atoms with E-state index in [1.807, 2.05) is 0 Å². The maximum absolute atomic E-state index is 6.05. The summed E-state index contributed by atoms with van der Waals surface area (Å²) in [6.07, 6.45) is 6.34. The fraction of sp³-hybridized carbons (Fsp3) is 0.571. The van der Waals surface area contributed by atoms with E-state index in [0.717, 1.165) is 56.7 Å². The van der Waals surface area contributed by atoms with Gasteiger partial charge in [-0.15, -0.1) is 0 Å². The second-order valence-electron chi connectivity index (χ2n) is 10.3. The van der Waals surface area contributed by atoms with Crippen molar-refractivity contribution in [2.45, 2.75) is 65.6 Å². The molecule has 0 aromatic heterocycles. The number of aryl methyl sites for hydroxylation is 2. The standard InChI is InChI=1S/C28H39N3O3/c1-21-11-23-16-30(19-33-26(23)12-22(21)2)9-7-5-4-6-8-10-31-17-25-13-24-15-29(3)18-32-27(24)14-28(25)34-20-31/h11-14H,4-10,15-20H2,1-3H3. The van der Waals surface area contributed by atoms with Gasteiger partial charge in [0.1, 0.15) is 37.4 Å². The number of hydrogen-bond donors (Lipinski definition) is 0. The van der Waals surface area contributed by atoms with Crippen LogP contribution < -0.4 is 14.2 Å². The van der Waals surface area contributed by atoms with Crippen LogP contribution in [0.5, 0.6) is 17.2 Å². The summed E-state index contributed by atoms with van der Waals surface area (Å²) in [6, 6.07) is 8.84. The van der Waals surface area contributed by atoms with Gasteiger partial charge in [0.25, 0.3) is 0 Å². The molecule has 0 N–H and O–H groups in total. The van der Waals surface area contributed by atoms with Crippen molar-refractivity contribution in [1.29, 1.82) is 0 Å². The minimum absolute atomic E-state index is 0.650. The fourth-order valence-electron chi connectivity index (χ4n) is 5.18. The summed E-state index contributed by atoms with van der Waals surface area (Å²) in [5.74, 6) is 3.05. The third-order valence-electron chi connectivity index (χ3n) is 7.34. The minimum Gasteiger partial charge on any atom is -0.478 e. The lowest BCUT2D eigenvalue weighted by Crippen LogP contribution is -2.34. The second-order valence-corrected chi connectivity index (χ2v) is 10.3. The number of fused-ring (bicyclic) bond motifs is 3. The topological polar surface area (TPSA) is 37.4 Å². The van der Waals surface area contributed by atoms with Crippen molar-refractivity contribution in [3.8, 4) is 17.2 Å². The van der Waals surface area contributed by atoms with E-state index >= 15 is 0 Å². The lowest BCUT2D eigenvalue weighted by molar-refractivity contribution is 0.0888. The normalized spacial score (nSPS) is 18.3. The zero-order valence-corrected chi connectivity index (χ0v) is 21.1. The molecule has 2 aromatic carbocycles. The van der Waals surface area contributed by atoms with Gasteiger partial charge in [0.2, 0.25) is 0 Å². The van der Waals surface area contributed by atoms with Crippen LogP contribution in [0.3, 0.4) is 0 Å². The van der Waals surface area contributed by atoms with Crippen molar-refractivity contribution >= 4 is 0 Å². The number of hydrogen-bond acceptors (Lipinski definition) is 6. The molecule has 2 aromatic rings. The number of unbranched alkanes of at least 4 members (excludes halogenated alkanes) is 4. The smallest absolute Gasteiger partial charge is 0.142 e. The molecule has 6 heteroatoms. The molecular weight excluding hydrogens is 426 g/mol. The summed E-state index contributed by atoms with van der Waals surface area (Å²) >= 11 is 0. The van der Waals surface area contributed by atoms with Crippen LogP contribution in [0.1, 0.15) is 59.9 Å². The number of benzene rings is 2. The minimum atomic E-state index is 0.650. The van der Waals surface area contributed by atoms with Gasteiger partial charge in [0.05, 0.1) is 0 Å². The van der Waals surface area contributed by atoms with E-state index in [9.17, 15) is 0 Å². The van der Waals surface area contributed by atoms with Gasteiger partial charge in [0.15, 0.2) is 0 Å². The highest BCUT2D eigenvalue weighted by Gasteiger charge is 2.23. The average molecular weight is 466 g/mol. The summed E-state index contributed by atoms with van der Waals surface area (Å²) < 4.78 is 17.9. The van der Waals surface area contributed by atoms with Crippen LogP contribution in [0.15, 0.2) is 24.3 Å². The van der Waals surface area contributed by atoms with Crippen LogP contribution in [-0.4, -0.2) is 55.0 Å². The molecule has 3 heterocycles. The predicted octanol–water partition coefficient (Wildman–Crippen LogP) is 5.04. The first-order valence-electron chi connectivity index (χ1n) is 12.8. The van der Waals surface area contributed by atoms with Crippen LogP contribution in [-0.2, 0) is 19.6 Å². The van der Waals surface area contributed by atoms with Gasteiger partial charge in [-0.1, -0.05) is 25.3 Å². The maximum atomic E-state index is 6.05. The van der Waals surface area contributed by atoms with Crippen LogP contribution in [0.4, 0.5) is 0 Å². The monoisotopic (exact) mass is 465 g/mol. The third kappa shape index (κ3) is 5.51. The summed E-state index contributed by atoms with van der Waals surface area (Å²) in [7, 11) is 2.09. The highest BCUT2D eigenvalue weighted by molar-refractivity contribution is 5.48. The molecule has 6 nitrogen and oxygen atoms in total. The van der Waals surface area contributed by atoms with Gasteiger partial charge in [-0.25, -0.2) is 0 Å². The Morgan fingerprint density at radius 1 is 0.588 bits per heavy atom. The van der Waals surface area contributed by atoms with Crippen molar-refractivity contribution in [2.75, 3.05) is 40.3 Å². The van der Waals surface area contributed by atoms with E-state index in [2.05, 4.69) is 59.9 Å². The molecule has 184 valence electrons. The van der Waals surface area contributed by atoms with Crippen molar-refractivity contribution in [3.63, 3.8) is 0 Å². The van der Waals surface area contributed by atoms with E-state index in [1.165, 1.54) is 59.9 Å². The van der Waals surface area contributed by atoms with E-state index < -0.39 is 0 Å². The van der Waals surface area contributed by atoms with Crippen LogP contribution >= 0.6 is 0 Å². The lowest BCUT2D eigenvalue weighted by Gasteiger charge is -2.32. The number of ether oxygens (including phenoxy) is 3. The first-order chi connectivity index (χ1) is 16.5. The number of nitrogens with zero attached hydrogens (tertiary/aromatic N) is 3.